The third kappa shape index (κ3) is 3.48. The van der Waals surface area contributed by atoms with Crippen molar-refractivity contribution in [3.05, 3.63) is 22.7 Å². The van der Waals surface area contributed by atoms with Crippen LogP contribution in [0, 0.1) is 0 Å². The Morgan fingerprint density at radius 3 is 2.60 bits per heavy atom. The molecule has 0 aromatic carbocycles. The molecule has 2 aromatic rings. The first-order valence-corrected chi connectivity index (χ1v) is 8.02. The molecule has 0 N–H and O–H groups in total. The fourth-order valence-electron chi connectivity index (χ4n) is 2.48. The van der Waals surface area contributed by atoms with Crippen molar-refractivity contribution in [2.45, 2.75) is 65.2 Å². The van der Waals surface area contributed by atoms with Crippen LogP contribution in [-0.2, 0) is 12.8 Å². The van der Waals surface area contributed by atoms with Crippen LogP contribution in [0.1, 0.15) is 63.6 Å². The topological polar surface area (TPSA) is 43.1 Å². The van der Waals surface area contributed by atoms with Gasteiger partial charge in [-0.2, -0.15) is 15.1 Å². The number of hydrogen-bond donors (Lipinski definition) is 0. The summed E-state index contributed by atoms with van der Waals surface area (Å²) < 4.78 is 1.86. The maximum atomic E-state index is 6.36. The second-order valence-corrected chi connectivity index (χ2v) is 5.57. The normalized spacial score (nSPS) is 11.3. The van der Waals surface area contributed by atoms with E-state index in [1.54, 1.807) is 6.33 Å². The Kier molecular flexibility index (Phi) is 5.77. The molecule has 2 rings (SSSR count). The molecular weight excluding hydrogens is 272 g/mol. The Bertz CT molecular complexity index is 550. The highest BCUT2D eigenvalue weighted by molar-refractivity contribution is 6.30. The molecule has 0 amide bonds. The van der Waals surface area contributed by atoms with Crippen molar-refractivity contribution in [2.75, 3.05) is 0 Å². The van der Waals surface area contributed by atoms with E-state index in [0.717, 1.165) is 37.7 Å². The predicted octanol–water partition coefficient (Wildman–Crippen LogP) is 4.24. The van der Waals surface area contributed by atoms with E-state index in [1.165, 1.54) is 25.0 Å². The number of hydrogen-bond acceptors (Lipinski definition) is 3. The fraction of sp³-hybridized carbons (Fsp3) is 0.667. The summed E-state index contributed by atoms with van der Waals surface area (Å²) in [6.07, 6.45) is 10.8. The van der Waals surface area contributed by atoms with Gasteiger partial charge in [0.25, 0.3) is 5.78 Å². The monoisotopic (exact) mass is 294 g/mol. The molecule has 0 aliphatic carbocycles. The van der Waals surface area contributed by atoms with Crippen molar-refractivity contribution in [2.24, 2.45) is 0 Å². The highest BCUT2D eigenvalue weighted by Gasteiger charge is 2.14. The van der Waals surface area contributed by atoms with Gasteiger partial charge in [0.1, 0.15) is 11.5 Å². The van der Waals surface area contributed by atoms with Gasteiger partial charge in [-0.25, -0.2) is 4.52 Å². The van der Waals surface area contributed by atoms with Gasteiger partial charge in [-0.3, -0.25) is 0 Å². The second kappa shape index (κ2) is 7.58. The van der Waals surface area contributed by atoms with Crippen LogP contribution in [0.25, 0.3) is 5.78 Å². The van der Waals surface area contributed by atoms with Crippen molar-refractivity contribution < 1.29 is 0 Å². The molecule has 110 valence electrons. The molecule has 0 aliphatic heterocycles. The van der Waals surface area contributed by atoms with E-state index in [4.69, 9.17) is 11.6 Å². The van der Waals surface area contributed by atoms with E-state index in [1.807, 2.05) is 4.52 Å². The highest BCUT2D eigenvalue weighted by atomic mass is 35.5. The minimum atomic E-state index is 0.605. The summed E-state index contributed by atoms with van der Waals surface area (Å²) in [5.74, 6) is 0.610. The molecule has 0 radical (unpaired) electrons. The van der Waals surface area contributed by atoms with Crippen molar-refractivity contribution in [3.8, 4) is 0 Å². The highest BCUT2D eigenvalue weighted by Crippen LogP contribution is 2.23. The Hall–Kier alpha value is -1.16. The van der Waals surface area contributed by atoms with Gasteiger partial charge < -0.3 is 0 Å². The molecule has 0 spiro atoms. The SMILES string of the molecule is CCCCCCc1c(Cl)nc2ncnn2c1CCCC. The molecule has 2 aromatic heterocycles. The van der Waals surface area contributed by atoms with Crippen LogP contribution in [0.4, 0.5) is 0 Å². The number of aromatic nitrogens is 4. The minimum Gasteiger partial charge on any atom is -0.201 e. The maximum absolute atomic E-state index is 6.36. The first-order chi connectivity index (χ1) is 9.77. The molecule has 20 heavy (non-hydrogen) atoms. The smallest absolute Gasteiger partial charge is 0.201 e. The summed E-state index contributed by atoms with van der Waals surface area (Å²) in [6, 6.07) is 0. The summed E-state index contributed by atoms with van der Waals surface area (Å²) in [4.78, 5) is 8.51. The van der Waals surface area contributed by atoms with Gasteiger partial charge in [-0.05, 0) is 25.7 Å². The van der Waals surface area contributed by atoms with Crippen LogP contribution in [0.5, 0.6) is 0 Å². The molecule has 0 unspecified atom stereocenters. The third-order valence-electron chi connectivity index (χ3n) is 3.63. The van der Waals surface area contributed by atoms with E-state index in [0.29, 0.717) is 10.9 Å². The molecule has 4 nitrogen and oxygen atoms in total. The molecule has 0 saturated heterocycles. The molecule has 0 bridgehead atoms. The second-order valence-electron chi connectivity index (χ2n) is 5.21. The quantitative estimate of drug-likeness (QED) is 0.540. The zero-order valence-electron chi connectivity index (χ0n) is 12.4. The van der Waals surface area contributed by atoms with Crippen LogP contribution < -0.4 is 0 Å². The van der Waals surface area contributed by atoms with E-state index in [-0.39, 0.29) is 0 Å². The molecule has 0 aliphatic rings. The van der Waals surface area contributed by atoms with E-state index in [9.17, 15) is 0 Å². The number of nitrogens with zero attached hydrogens (tertiary/aromatic N) is 4. The maximum Gasteiger partial charge on any atom is 0.253 e. The Labute approximate surface area is 125 Å². The Morgan fingerprint density at radius 2 is 1.85 bits per heavy atom. The number of unbranched alkanes of at least 4 members (excludes halogenated alkanes) is 4. The van der Waals surface area contributed by atoms with Crippen molar-refractivity contribution in [1.29, 1.82) is 0 Å². The lowest BCUT2D eigenvalue weighted by molar-refractivity contribution is 0.652. The van der Waals surface area contributed by atoms with Crippen molar-refractivity contribution in [3.63, 3.8) is 0 Å². The molecular formula is C15H23ClN4. The van der Waals surface area contributed by atoms with Gasteiger partial charge in [0.2, 0.25) is 0 Å². The van der Waals surface area contributed by atoms with Crippen LogP contribution in [0.15, 0.2) is 6.33 Å². The molecule has 0 fully saturated rings. The zero-order chi connectivity index (χ0) is 14.4. The number of fused-ring (bicyclic) bond motifs is 1. The van der Waals surface area contributed by atoms with Gasteiger partial charge in [0.05, 0.1) is 5.69 Å². The molecule has 0 saturated carbocycles. The Balaban J connectivity index is 2.26. The van der Waals surface area contributed by atoms with Crippen LogP contribution >= 0.6 is 11.6 Å². The van der Waals surface area contributed by atoms with Crippen molar-refractivity contribution in [1.82, 2.24) is 19.6 Å². The lowest BCUT2D eigenvalue weighted by Crippen LogP contribution is -2.08. The Morgan fingerprint density at radius 1 is 1.05 bits per heavy atom. The lowest BCUT2D eigenvalue weighted by Gasteiger charge is -2.12. The van der Waals surface area contributed by atoms with Crippen molar-refractivity contribution >= 4 is 17.4 Å². The molecule has 0 atom stereocenters. The summed E-state index contributed by atoms with van der Waals surface area (Å²) >= 11 is 6.36. The summed E-state index contributed by atoms with van der Waals surface area (Å²) in [5, 5.41) is 4.91. The summed E-state index contributed by atoms with van der Waals surface area (Å²) in [7, 11) is 0. The molecule has 5 heteroatoms. The lowest BCUT2D eigenvalue weighted by atomic mass is 10.0. The average molecular weight is 295 g/mol. The number of rotatable bonds is 8. The van der Waals surface area contributed by atoms with Gasteiger partial charge in [-0.15, -0.1) is 0 Å². The van der Waals surface area contributed by atoms with Gasteiger partial charge in [0.15, 0.2) is 0 Å². The first kappa shape index (κ1) is 15.2. The number of aryl methyl sites for hydroxylation is 1. The standard InChI is InChI=1S/C15H23ClN4/c1-3-5-7-8-9-12-13(10-6-4-2)20-15(17-11-18-20)19-14(12)16/h11H,3-10H2,1-2H3. The van der Waals surface area contributed by atoms with E-state index in [2.05, 4.69) is 28.9 Å². The van der Waals surface area contributed by atoms with E-state index < -0.39 is 0 Å². The summed E-state index contributed by atoms with van der Waals surface area (Å²) in [6.45, 7) is 4.42. The van der Waals surface area contributed by atoms with Crippen LogP contribution in [0.2, 0.25) is 5.15 Å². The average Bonchev–Trinajstić information content (AvgIpc) is 2.90. The fourth-order valence-corrected chi connectivity index (χ4v) is 2.76. The van der Waals surface area contributed by atoms with Gasteiger partial charge in [0, 0.05) is 5.56 Å². The summed E-state index contributed by atoms with van der Waals surface area (Å²) in [5.41, 5.74) is 2.35. The minimum absolute atomic E-state index is 0.605. The molecule has 2 heterocycles. The van der Waals surface area contributed by atoms with Gasteiger partial charge >= 0.3 is 0 Å². The van der Waals surface area contributed by atoms with Crippen LogP contribution in [-0.4, -0.2) is 19.6 Å². The van der Waals surface area contributed by atoms with Crippen LogP contribution in [0.3, 0.4) is 0 Å². The number of halogens is 1. The predicted molar refractivity (Wildman–Crippen MR) is 82.3 cm³/mol. The van der Waals surface area contributed by atoms with Gasteiger partial charge in [-0.1, -0.05) is 51.1 Å². The zero-order valence-corrected chi connectivity index (χ0v) is 13.2. The third-order valence-corrected chi connectivity index (χ3v) is 3.94. The first-order valence-electron chi connectivity index (χ1n) is 7.64. The van der Waals surface area contributed by atoms with E-state index >= 15 is 0 Å². The largest absolute Gasteiger partial charge is 0.253 e.